The van der Waals surface area contributed by atoms with Gasteiger partial charge in [0.05, 0.1) is 20.1 Å². The van der Waals surface area contributed by atoms with Crippen LogP contribution in [-0.2, 0) is 22.6 Å². The van der Waals surface area contributed by atoms with Gasteiger partial charge in [0.1, 0.15) is 11.5 Å². The molecule has 0 saturated heterocycles. The van der Waals surface area contributed by atoms with Crippen LogP contribution in [0.15, 0.2) is 48.5 Å². The number of benzene rings is 2. The van der Waals surface area contributed by atoms with Crippen LogP contribution in [0.4, 0.5) is 0 Å². The smallest absolute Gasteiger partial charge is 0.310 e. The van der Waals surface area contributed by atoms with E-state index in [-0.39, 0.29) is 19.0 Å². The van der Waals surface area contributed by atoms with Crippen molar-refractivity contribution in [1.29, 1.82) is 0 Å². The van der Waals surface area contributed by atoms with Crippen LogP contribution in [0.25, 0.3) is 0 Å². The predicted octanol–water partition coefficient (Wildman–Crippen LogP) is 2.69. The summed E-state index contributed by atoms with van der Waals surface area (Å²) in [5, 5.41) is 9.12. The number of ether oxygens (including phenoxy) is 2. The van der Waals surface area contributed by atoms with Gasteiger partial charge in [-0.1, -0.05) is 30.3 Å². The van der Waals surface area contributed by atoms with E-state index in [4.69, 9.17) is 9.84 Å². The summed E-state index contributed by atoms with van der Waals surface area (Å²) in [6, 6.07) is 14.5. The zero-order chi connectivity index (χ0) is 14.4. The fourth-order valence-corrected chi connectivity index (χ4v) is 1.81. The van der Waals surface area contributed by atoms with Gasteiger partial charge in [0.15, 0.2) is 0 Å². The molecule has 0 radical (unpaired) electrons. The molecule has 0 spiro atoms. The second-order valence-electron chi connectivity index (χ2n) is 4.27. The Balaban J connectivity index is 2.22. The predicted molar refractivity (Wildman–Crippen MR) is 74.6 cm³/mol. The van der Waals surface area contributed by atoms with Crippen LogP contribution in [0.3, 0.4) is 0 Å². The summed E-state index contributed by atoms with van der Waals surface area (Å²) in [6.07, 6.45) is 0.159. The van der Waals surface area contributed by atoms with Crippen LogP contribution in [-0.4, -0.2) is 18.2 Å². The van der Waals surface area contributed by atoms with Crippen molar-refractivity contribution in [3.05, 3.63) is 59.7 Å². The Morgan fingerprint density at radius 1 is 1.15 bits per heavy atom. The number of hydrogen-bond acceptors (Lipinski definition) is 4. The van der Waals surface area contributed by atoms with Crippen molar-refractivity contribution in [2.75, 3.05) is 7.11 Å². The lowest BCUT2D eigenvalue weighted by molar-refractivity contribution is -0.139. The monoisotopic (exact) mass is 272 g/mol. The average Bonchev–Trinajstić information content (AvgIpc) is 2.49. The Morgan fingerprint density at radius 2 is 1.95 bits per heavy atom. The van der Waals surface area contributed by atoms with Crippen molar-refractivity contribution >= 4 is 5.97 Å². The molecule has 4 heteroatoms. The molecule has 4 nitrogen and oxygen atoms in total. The van der Waals surface area contributed by atoms with Crippen molar-refractivity contribution in [1.82, 2.24) is 0 Å². The normalized spacial score (nSPS) is 10.1. The number of esters is 1. The van der Waals surface area contributed by atoms with Crippen molar-refractivity contribution in [3.8, 4) is 11.5 Å². The molecular weight excluding hydrogens is 256 g/mol. The van der Waals surface area contributed by atoms with Crippen molar-refractivity contribution < 1.29 is 19.4 Å². The third-order valence-corrected chi connectivity index (χ3v) is 2.84. The molecule has 2 rings (SSSR count). The Labute approximate surface area is 117 Å². The highest BCUT2D eigenvalue weighted by molar-refractivity contribution is 5.73. The highest BCUT2D eigenvalue weighted by Crippen LogP contribution is 2.26. The number of carbonyl (C=O) groups excluding carboxylic acids is 1. The van der Waals surface area contributed by atoms with Crippen LogP contribution in [0, 0.1) is 0 Å². The quantitative estimate of drug-likeness (QED) is 0.850. The first-order valence-corrected chi connectivity index (χ1v) is 6.25. The molecule has 0 bridgehead atoms. The van der Waals surface area contributed by atoms with Crippen LogP contribution >= 0.6 is 0 Å². The molecule has 0 fully saturated rings. The number of hydrogen-bond donors (Lipinski definition) is 1. The fourth-order valence-electron chi connectivity index (χ4n) is 1.81. The van der Waals surface area contributed by atoms with Crippen molar-refractivity contribution in [2.24, 2.45) is 0 Å². The van der Waals surface area contributed by atoms with Gasteiger partial charge in [0.25, 0.3) is 0 Å². The fraction of sp³-hybridized carbons (Fsp3) is 0.188. The molecule has 2 aromatic carbocycles. The largest absolute Gasteiger partial charge is 0.469 e. The number of methoxy groups -OCH3 is 1. The molecule has 0 saturated carbocycles. The second kappa shape index (κ2) is 6.73. The van der Waals surface area contributed by atoms with Gasteiger partial charge in [-0.2, -0.15) is 0 Å². The maximum atomic E-state index is 11.4. The summed E-state index contributed by atoms with van der Waals surface area (Å²) in [5.74, 6) is 0.909. The molecule has 0 aromatic heterocycles. The van der Waals surface area contributed by atoms with Gasteiger partial charge in [0.2, 0.25) is 0 Å². The van der Waals surface area contributed by atoms with Crippen LogP contribution in [0.1, 0.15) is 11.1 Å². The molecule has 0 unspecified atom stereocenters. The summed E-state index contributed by atoms with van der Waals surface area (Å²) < 4.78 is 10.4. The summed E-state index contributed by atoms with van der Waals surface area (Å²) in [6.45, 7) is -0.0407. The zero-order valence-corrected chi connectivity index (χ0v) is 11.2. The van der Waals surface area contributed by atoms with Crippen molar-refractivity contribution in [3.63, 3.8) is 0 Å². The molecule has 2 aromatic rings. The lowest BCUT2D eigenvalue weighted by Crippen LogP contribution is -2.05. The lowest BCUT2D eigenvalue weighted by atomic mass is 10.1. The van der Waals surface area contributed by atoms with E-state index in [0.717, 1.165) is 11.1 Å². The standard InChI is InChI=1S/C16H16O4/c1-19-16(18)10-13-6-2-3-8-15(13)20-14-7-4-5-12(9-14)11-17/h2-9,17H,10-11H2,1H3. The van der Waals surface area contributed by atoms with Gasteiger partial charge < -0.3 is 14.6 Å². The molecule has 0 heterocycles. The minimum Gasteiger partial charge on any atom is -0.469 e. The van der Waals surface area contributed by atoms with E-state index in [1.807, 2.05) is 30.3 Å². The lowest BCUT2D eigenvalue weighted by Gasteiger charge is -2.11. The molecule has 0 aliphatic heterocycles. The van der Waals surface area contributed by atoms with E-state index in [0.29, 0.717) is 11.5 Å². The Hall–Kier alpha value is -2.33. The first-order valence-electron chi connectivity index (χ1n) is 6.25. The minimum absolute atomic E-state index is 0.0407. The molecular formula is C16H16O4. The second-order valence-corrected chi connectivity index (χ2v) is 4.27. The summed E-state index contributed by atoms with van der Waals surface area (Å²) in [7, 11) is 1.36. The molecule has 0 aliphatic carbocycles. The maximum absolute atomic E-state index is 11.4. The van der Waals surface area contributed by atoms with Crippen LogP contribution in [0.2, 0.25) is 0 Å². The van der Waals surface area contributed by atoms with E-state index in [9.17, 15) is 4.79 Å². The van der Waals surface area contributed by atoms with Gasteiger partial charge >= 0.3 is 5.97 Å². The van der Waals surface area contributed by atoms with Gasteiger partial charge in [-0.15, -0.1) is 0 Å². The minimum atomic E-state index is -0.315. The Morgan fingerprint density at radius 3 is 2.70 bits per heavy atom. The number of para-hydroxylation sites is 1. The molecule has 0 aliphatic rings. The van der Waals surface area contributed by atoms with Gasteiger partial charge in [0, 0.05) is 5.56 Å². The molecule has 104 valence electrons. The highest BCUT2D eigenvalue weighted by atomic mass is 16.5. The van der Waals surface area contributed by atoms with Gasteiger partial charge in [-0.25, -0.2) is 0 Å². The zero-order valence-electron chi connectivity index (χ0n) is 11.2. The average molecular weight is 272 g/mol. The molecule has 1 N–H and O–H groups in total. The van der Waals surface area contributed by atoms with Crippen LogP contribution < -0.4 is 4.74 Å². The molecule has 0 amide bonds. The van der Waals surface area contributed by atoms with Gasteiger partial charge in [-0.05, 0) is 23.8 Å². The molecule has 20 heavy (non-hydrogen) atoms. The van der Waals surface area contributed by atoms with E-state index >= 15 is 0 Å². The number of aliphatic hydroxyl groups excluding tert-OH is 1. The topological polar surface area (TPSA) is 55.8 Å². The maximum Gasteiger partial charge on any atom is 0.310 e. The number of rotatable bonds is 5. The van der Waals surface area contributed by atoms with Gasteiger partial charge in [-0.3, -0.25) is 4.79 Å². The Kier molecular flexibility index (Phi) is 4.74. The third kappa shape index (κ3) is 3.59. The summed E-state index contributed by atoms with van der Waals surface area (Å²) >= 11 is 0. The number of carbonyl (C=O) groups is 1. The van der Waals surface area contributed by atoms with E-state index in [1.54, 1.807) is 18.2 Å². The van der Waals surface area contributed by atoms with E-state index < -0.39 is 0 Å². The third-order valence-electron chi connectivity index (χ3n) is 2.84. The SMILES string of the molecule is COC(=O)Cc1ccccc1Oc1cccc(CO)c1. The molecule has 0 atom stereocenters. The van der Waals surface area contributed by atoms with E-state index in [2.05, 4.69) is 4.74 Å². The van der Waals surface area contributed by atoms with Crippen molar-refractivity contribution in [2.45, 2.75) is 13.0 Å². The van der Waals surface area contributed by atoms with Crippen LogP contribution in [0.5, 0.6) is 11.5 Å². The first kappa shape index (κ1) is 14.1. The summed E-state index contributed by atoms with van der Waals surface area (Å²) in [4.78, 5) is 11.4. The Bertz CT molecular complexity index is 593. The van der Waals surface area contributed by atoms with E-state index in [1.165, 1.54) is 7.11 Å². The number of aliphatic hydroxyl groups is 1. The highest BCUT2D eigenvalue weighted by Gasteiger charge is 2.09. The first-order chi connectivity index (χ1) is 9.72. The summed E-state index contributed by atoms with van der Waals surface area (Å²) in [5.41, 5.74) is 1.53.